The van der Waals surface area contributed by atoms with Gasteiger partial charge in [0.15, 0.2) is 11.5 Å². The maximum Gasteiger partial charge on any atom is 0.243 e. The Balaban J connectivity index is 1.27. The average molecular weight is 477 g/mol. The zero-order valence-electron chi connectivity index (χ0n) is 19.2. The molecule has 2 aromatic rings. The smallest absolute Gasteiger partial charge is 0.243 e. The summed E-state index contributed by atoms with van der Waals surface area (Å²) < 4.78 is 40.9. The number of nitrogens with one attached hydrogen (secondary N) is 1. The fourth-order valence-corrected chi connectivity index (χ4v) is 5.78. The van der Waals surface area contributed by atoms with Crippen molar-refractivity contribution in [1.82, 2.24) is 19.4 Å². The first kappa shape index (κ1) is 23.6. The fourth-order valence-electron chi connectivity index (χ4n) is 4.30. The third kappa shape index (κ3) is 5.50. The Kier molecular flexibility index (Phi) is 7.23. The van der Waals surface area contributed by atoms with Crippen molar-refractivity contribution in [3.63, 3.8) is 0 Å². The number of carbonyl (C=O) groups excluding carboxylic acids is 1. The molecule has 0 spiro atoms. The minimum atomic E-state index is -3.65. The summed E-state index contributed by atoms with van der Waals surface area (Å²) in [6, 6.07) is 6.79. The SMILES string of the molecule is Cc1cc(C)n(CCCNC(=O)C2CCN(S(=O)(=O)c3ccc4c(c3)OCCCO4)CC2)n1. The van der Waals surface area contributed by atoms with Crippen molar-refractivity contribution < 1.29 is 22.7 Å². The van der Waals surface area contributed by atoms with Crippen LogP contribution in [-0.2, 0) is 21.4 Å². The molecular weight excluding hydrogens is 444 g/mol. The molecule has 1 amide bonds. The molecule has 1 N–H and O–H groups in total. The average Bonchev–Trinajstić information content (AvgIpc) is 2.99. The van der Waals surface area contributed by atoms with Crippen LogP contribution in [0.5, 0.6) is 11.5 Å². The van der Waals surface area contributed by atoms with Gasteiger partial charge in [0.2, 0.25) is 15.9 Å². The minimum Gasteiger partial charge on any atom is -0.490 e. The highest BCUT2D eigenvalue weighted by molar-refractivity contribution is 7.89. The van der Waals surface area contributed by atoms with Gasteiger partial charge >= 0.3 is 0 Å². The third-order valence-electron chi connectivity index (χ3n) is 6.13. The molecule has 0 aliphatic carbocycles. The van der Waals surface area contributed by atoms with Crippen LogP contribution >= 0.6 is 0 Å². The molecule has 10 heteroatoms. The Morgan fingerprint density at radius 1 is 1.12 bits per heavy atom. The van der Waals surface area contributed by atoms with E-state index in [9.17, 15) is 13.2 Å². The van der Waals surface area contributed by atoms with Crippen molar-refractivity contribution >= 4 is 15.9 Å². The maximum atomic E-state index is 13.1. The van der Waals surface area contributed by atoms with E-state index >= 15 is 0 Å². The van der Waals surface area contributed by atoms with Gasteiger partial charge in [-0.3, -0.25) is 9.48 Å². The van der Waals surface area contributed by atoms with Crippen molar-refractivity contribution in [1.29, 1.82) is 0 Å². The van der Waals surface area contributed by atoms with Gasteiger partial charge in [-0.15, -0.1) is 0 Å². The van der Waals surface area contributed by atoms with Crippen LogP contribution in [0.15, 0.2) is 29.2 Å². The summed E-state index contributed by atoms with van der Waals surface area (Å²) in [6.45, 7) is 7.01. The predicted octanol–water partition coefficient (Wildman–Crippen LogP) is 2.27. The van der Waals surface area contributed by atoms with E-state index in [0.717, 1.165) is 30.8 Å². The van der Waals surface area contributed by atoms with Crippen molar-refractivity contribution in [2.75, 3.05) is 32.8 Å². The van der Waals surface area contributed by atoms with Gasteiger partial charge in [0, 0.05) is 50.3 Å². The number of nitrogens with zero attached hydrogens (tertiary/aromatic N) is 3. The highest BCUT2D eigenvalue weighted by atomic mass is 32.2. The first-order valence-electron chi connectivity index (χ1n) is 11.5. The predicted molar refractivity (Wildman–Crippen MR) is 123 cm³/mol. The molecule has 1 aromatic heterocycles. The lowest BCUT2D eigenvalue weighted by Gasteiger charge is -2.30. The Hall–Kier alpha value is -2.59. The number of hydrogen-bond acceptors (Lipinski definition) is 6. The molecule has 0 radical (unpaired) electrons. The maximum absolute atomic E-state index is 13.1. The van der Waals surface area contributed by atoms with Gasteiger partial charge < -0.3 is 14.8 Å². The van der Waals surface area contributed by atoms with Gasteiger partial charge in [0.25, 0.3) is 0 Å². The first-order valence-corrected chi connectivity index (χ1v) is 13.0. The van der Waals surface area contributed by atoms with E-state index in [1.807, 2.05) is 24.6 Å². The standard InChI is InChI=1S/C23H32N4O5S/c1-17-15-18(2)27(25-17)10-3-9-24-23(28)19-7-11-26(12-8-19)33(29,30)20-5-6-21-22(16-20)32-14-4-13-31-21/h5-6,15-16,19H,3-4,7-14H2,1-2H3,(H,24,28). The number of sulfonamides is 1. The van der Waals surface area contributed by atoms with Gasteiger partial charge in [-0.25, -0.2) is 8.42 Å². The van der Waals surface area contributed by atoms with E-state index in [2.05, 4.69) is 10.4 Å². The number of piperidine rings is 1. The lowest BCUT2D eigenvalue weighted by molar-refractivity contribution is -0.126. The van der Waals surface area contributed by atoms with E-state index in [4.69, 9.17) is 9.47 Å². The zero-order valence-corrected chi connectivity index (χ0v) is 20.1. The summed E-state index contributed by atoms with van der Waals surface area (Å²) in [5.41, 5.74) is 2.10. The van der Waals surface area contributed by atoms with Crippen LogP contribution in [0.2, 0.25) is 0 Å². The molecule has 2 aliphatic rings. The Bertz CT molecular complexity index is 1090. The van der Waals surface area contributed by atoms with Gasteiger partial charge in [-0.05, 0) is 51.3 Å². The van der Waals surface area contributed by atoms with Crippen LogP contribution in [0.4, 0.5) is 0 Å². The van der Waals surface area contributed by atoms with E-state index in [-0.39, 0.29) is 16.7 Å². The molecule has 2 aliphatic heterocycles. The number of aryl methyl sites for hydroxylation is 3. The number of benzene rings is 1. The summed E-state index contributed by atoms with van der Waals surface area (Å²) in [4.78, 5) is 12.8. The van der Waals surface area contributed by atoms with Crippen LogP contribution in [0.25, 0.3) is 0 Å². The number of rotatable bonds is 7. The van der Waals surface area contributed by atoms with E-state index in [1.165, 1.54) is 10.4 Å². The first-order chi connectivity index (χ1) is 15.8. The van der Waals surface area contributed by atoms with E-state index in [1.54, 1.807) is 12.1 Å². The van der Waals surface area contributed by atoms with Gasteiger partial charge in [-0.1, -0.05) is 0 Å². The molecule has 0 unspecified atom stereocenters. The highest BCUT2D eigenvalue weighted by Crippen LogP contribution is 2.33. The second kappa shape index (κ2) is 10.1. The lowest BCUT2D eigenvalue weighted by atomic mass is 9.97. The van der Waals surface area contributed by atoms with Crippen molar-refractivity contribution in [2.45, 2.75) is 51.0 Å². The van der Waals surface area contributed by atoms with Crippen LogP contribution in [0.3, 0.4) is 0 Å². The molecule has 180 valence electrons. The third-order valence-corrected chi connectivity index (χ3v) is 8.03. The number of hydrogen-bond donors (Lipinski definition) is 1. The molecule has 3 heterocycles. The summed E-state index contributed by atoms with van der Waals surface area (Å²) in [5.74, 6) is 0.855. The molecular formula is C23H32N4O5S. The fraction of sp³-hybridized carbons (Fsp3) is 0.565. The van der Waals surface area contributed by atoms with Crippen LogP contribution < -0.4 is 14.8 Å². The van der Waals surface area contributed by atoms with Crippen LogP contribution in [0.1, 0.15) is 37.1 Å². The Labute approximate surface area is 195 Å². The normalized spacial score (nSPS) is 17.5. The molecule has 1 aromatic carbocycles. The Morgan fingerprint density at radius 3 is 2.55 bits per heavy atom. The van der Waals surface area contributed by atoms with Gasteiger partial charge in [-0.2, -0.15) is 9.40 Å². The van der Waals surface area contributed by atoms with Crippen molar-refractivity contribution in [3.05, 3.63) is 35.7 Å². The molecule has 1 saturated heterocycles. The topological polar surface area (TPSA) is 103 Å². The number of fused-ring (bicyclic) bond motifs is 1. The van der Waals surface area contributed by atoms with Crippen molar-refractivity contribution in [2.24, 2.45) is 5.92 Å². The number of ether oxygens (including phenoxy) is 2. The monoisotopic (exact) mass is 476 g/mol. The number of amides is 1. The summed E-state index contributed by atoms with van der Waals surface area (Å²) >= 11 is 0. The summed E-state index contributed by atoms with van der Waals surface area (Å²) in [7, 11) is -3.65. The molecule has 0 saturated carbocycles. The molecule has 1 fully saturated rings. The number of aromatic nitrogens is 2. The molecule has 9 nitrogen and oxygen atoms in total. The van der Waals surface area contributed by atoms with Crippen LogP contribution in [-0.4, -0.2) is 61.3 Å². The van der Waals surface area contributed by atoms with Crippen molar-refractivity contribution in [3.8, 4) is 11.5 Å². The van der Waals surface area contributed by atoms with Gasteiger partial charge in [0.05, 0.1) is 23.8 Å². The Morgan fingerprint density at radius 2 is 1.85 bits per heavy atom. The van der Waals surface area contributed by atoms with E-state index < -0.39 is 10.0 Å². The van der Waals surface area contributed by atoms with Gasteiger partial charge in [0.1, 0.15) is 0 Å². The highest BCUT2D eigenvalue weighted by Gasteiger charge is 2.32. The summed E-state index contributed by atoms with van der Waals surface area (Å²) in [5, 5.41) is 7.42. The lowest BCUT2D eigenvalue weighted by Crippen LogP contribution is -2.43. The number of carbonyl (C=O) groups is 1. The minimum absolute atomic E-state index is 0.00371. The van der Waals surface area contributed by atoms with Crippen LogP contribution in [0, 0.1) is 19.8 Å². The molecule has 33 heavy (non-hydrogen) atoms. The summed E-state index contributed by atoms with van der Waals surface area (Å²) in [6.07, 6.45) is 2.57. The second-order valence-corrected chi connectivity index (χ2v) is 10.6. The largest absolute Gasteiger partial charge is 0.490 e. The quantitative estimate of drug-likeness (QED) is 0.615. The molecule has 0 bridgehead atoms. The van der Waals surface area contributed by atoms with E-state index in [0.29, 0.717) is 57.2 Å². The molecule has 4 rings (SSSR count). The molecule has 0 atom stereocenters. The second-order valence-electron chi connectivity index (χ2n) is 8.63. The zero-order chi connectivity index (χ0) is 23.4.